The predicted octanol–water partition coefficient (Wildman–Crippen LogP) is 1.20. The molecule has 0 bridgehead atoms. The SMILES string of the molecule is CCCS(=O)(=O)N1CCCC1C(=O)N1CCC(C(C)N)CC1.Cl. The predicted molar refractivity (Wildman–Crippen MR) is 94.0 cm³/mol. The van der Waals surface area contributed by atoms with Crippen LogP contribution in [0.2, 0.25) is 0 Å². The molecule has 2 aliphatic rings. The number of likely N-dealkylation sites (tertiary alicyclic amines) is 1. The quantitative estimate of drug-likeness (QED) is 0.791. The van der Waals surface area contributed by atoms with Gasteiger partial charge in [-0.25, -0.2) is 8.42 Å². The number of nitrogens with two attached hydrogens (primary N) is 1. The van der Waals surface area contributed by atoms with E-state index in [1.807, 2.05) is 18.7 Å². The third kappa shape index (κ3) is 4.81. The van der Waals surface area contributed by atoms with E-state index < -0.39 is 16.1 Å². The third-order valence-electron chi connectivity index (χ3n) is 4.90. The Morgan fingerprint density at radius 1 is 1.22 bits per heavy atom. The van der Waals surface area contributed by atoms with E-state index in [0.717, 1.165) is 19.3 Å². The highest BCUT2D eigenvalue weighted by Gasteiger charge is 2.40. The molecule has 0 spiro atoms. The normalized spacial score (nSPS) is 25.2. The molecule has 0 aromatic heterocycles. The molecule has 0 radical (unpaired) electrons. The zero-order chi connectivity index (χ0) is 16.3. The summed E-state index contributed by atoms with van der Waals surface area (Å²) in [5, 5.41) is 0. The van der Waals surface area contributed by atoms with Crippen LogP contribution in [-0.2, 0) is 14.8 Å². The van der Waals surface area contributed by atoms with Crippen LogP contribution in [0.3, 0.4) is 0 Å². The van der Waals surface area contributed by atoms with Crippen molar-refractivity contribution in [3.8, 4) is 0 Å². The molecule has 2 fully saturated rings. The van der Waals surface area contributed by atoms with Crippen LogP contribution in [0.25, 0.3) is 0 Å². The molecule has 0 aliphatic carbocycles. The minimum Gasteiger partial charge on any atom is -0.341 e. The Kier molecular flexibility index (Phi) is 7.77. The van der Waals surface area contributed by atoms with E-state index in [0.29, 0.717) is 38.4 Å². The van der Waals surface area contributed by atoms with Gasteiger partial charge in [0, 0.05) is 25.7 Å². The average molecular weight is 368 g/mol. The van der Waals surface area contributed by atoms with Crippen molar-refractivity contribution in [1.82, 2.24) is 9.21 Å². The summed E-state index contributed by atoms with van der Waals surface area (Å²) in [6, 6.07) is -0.325. The van der Waals surface area contributed by atoms with Crippen LogP contribution < -0.4 is 5.73 Å². The smallest absolute Gasteiger partial charge is 0.241 e. The van der Waals surface area contributed by atoms with E-state index in [2.05, 4.69) is 0 Å². The van der Waals surface area contributed by atoms with Crippen LogP contribution in [0.5, 0.6) is 0 Å². The van der Waals surface area contributed by atoms with Gasteiger partial charge >= 0.3 is 0 Å². The monoisotopic (exact) mass is 367 g/mol. The topological polar surface area (TPSA) is 83.7 Å². The Morgan fingerprint density at radius 2 is 1.83 bits per heavy atom. The molecule has 6 nitrogen and oxygen atoms in total. The number of hydrogen-bond acceptors (Lipinski definition) is 4. The summed E-state index contributed by atoms with van der Waals surface area (Å²) in [6.07, 6.45) is 3.83. The lowest BCUT2D eigenvalue weighted by molar-refractivity contribution is -0.136. The van der Waals surface area contributed by atoms with Crippen molar-refractivity contribution in [1.29, 1.82) is 0 Å². The van der Waals surface area contributed by atoms with Gasteiger partial charge in [0.05, 0.1) is 5.75 Å². The van der Waals surface area contributed by atoms with E-state index in [1.54, 1.807) is 0 Å². The summed E-state index contributed by atoms with van der Waals surface area (Å²) >= 11 is 0. The number of amides is 1. The molecule has 0 saturated carbocycles. The third-order valence-corrected chi connectivity index (χ3v) is 6.98. The number of nitrogens with zero attached hydrogens (tertiary/aromatic N) is 2. The van der Waals surface area contributed by atoms with E-state index >= 15 is 0 Å². The molecule has 0 aromatic rings. The number of piperidine rings is 1. The number of sulfonamides is 1. The van der Waals surface area contributed by atoms with Crippen LogP contribution in [-0.4, -0.2) is 61.0 Å². The van der Waals surface area contributed by atoms with Gasteiger partial charge in [0.1, 0.15) is 6.04 Å². The van der Waals surface area contributed by atoms with Crippen LogP contribution in [0, 0.1) is 5.92 Å². The highest BCUT2D eigenvalue weighted by molar-refractivity contribution is 7.89. The van der Waals surface area contributed by atoms with Crippen molar-refractivity contribution >= 4 is 28.3 Å². The molecule has 2 saturated heterocycles. The number of halogens is 1. The minimum atomic E-state index is -3.30. The van der Waals surface area contributed by atoms with Crippen LogP contribution in [0.15, 0.2) is 0 Å². The molecule has 2 heterocycles. The second-order valence-corrected chi connectivity index (χ2v) is 8.65. The zero-order valence-electron chi connectivity index (χ0n) is 14.1. The highest BCUT2D eigenvalue weighted by atomic mass is 35.5. The first-order valence-electron chi connectivity index (χ1n) is 8.40. The zero-order valence-corrected chi connectivity index (χ0v) is 15.7. The molecule has 1 amide bonds. The van der Waals surface area contributed by atoms with Crippen molar-refractivity contribution in [2.24, 2.45) is 11.7 Å². The first-order valence-corrected chi connectivity index (χ1v) is 10.0. The summed E-state index contributed by atoms with van der Waals surface area (Å²) in [6.45, 7) is 5.74. The summed E-state index contributed by atoms with van der Waals surface area (Å²) in [4.78, 5) is 14.6. The average Bonchev–Trinajstić information content (AvgIpc) is 2.97. The molecular weight excluding hydrogens is 338 g/mol. The fourth-order valence-corrected chi connectivity index (χ4v) is 5.29. The standard InChI is InChI=1S/C15H29N3O3S.ClH/c1-3-11-22(20,21)18-8-4-5-14(18)15(19)17-9-6-13(7-10-17)12(2)16;/h12-14H,3-11,16H2,1-2H3;1H. The van der Waals surface area contributed by atoms with Gasteiger partial charge in [-0.05, 0) is 44.9 Å². The molecule has 2 N–H and O–H groups in total. The molecule has 23 heavy (non-hydrogen) atoms. The van der Waals surface area contributed by atoms with E-state index in [9.17, 15) is 13.2 Å². The summed E-state index contributed by atoms with van der Waals surface area (Å²) in [5.74, 6) is 0.580. The molecule has 8 heteroatoms. The maximum atomic E-state index is 12.7. The van der Waals surface area contributed by atoms with Gasteiger partial charge in [-0.3, -0.25) is 4.79 Å². The van der Waals surface area contributed by atoms with E-state index in [4.69, 9.17) is 5.73 Å². The first kappa shape index (κ1) is 20.7. The van der Waals surface area contributed by atoms with Crippen LogP contribution >= 0.6 is 12.4 Å². The van der Waals surface area contributed by atoms with Crippen molar-refractivity contribution in [3.63, 3.8) is 0 Å². The highest BCUT2D eigenvalue weighted by Crippen LogP contribution is 2.26. The number of carbonyl (C=O) groups excluding carboxylic acids is 1. The molecule has 2 rings (SSSR count). The lowest BCUT2D eigenvalue weighted by Gasteiger charge is -2.36. The Balaban J connectivity index is 0.00000264. The second kappa shape index (κ2) is 8.65. The Labute approximate surface area is 146 Å². The molecular formula is C15H30ClN3O3S. The number of hydrogen-bond donors (Lipinski definition) is 1. The largest absolute Gasteiger partial charge is 0.341 e. The Morgan fingerprint density at radius 3 is 2.35 bits per heavy atom. The Bertz CT molecular complexity index is 490. The molecule has 2 atom stereocenters. The van der Waals surface area contributed by atoms with Gasteiger partial charge in [0.15, 0.2) is 0 Å². The van der Waals surface area contributed by atoms with Crippen molar-refractivity contribution in [2.75, 3.05) is 25.4 Å². The van der Waals surface area contributed by atoms with Gasteiger partial charge in [-0.1, -0.05) is 6.92 Å². The van der Waals surface area contributed by atoms with Gasteiger partial charge in [-0.15, -0.1) is 12.4 Å². The molecule has 2 aliphatic heterocycles. The van der Waals surface area contributed by atoms with Gasteiger partial charge < -0.3 is 10.6 Å². The maximum absolute atomic E-state index is 12.7. The number of carbonyl (C=O) groups is 1. The lowest BCUT2D eigenvalue weighted by atomic mass is 9.90. The van der Waals surface area contributed by atoms with E-state index in [-0.39, 0.29) is 30.1 Å². The Hall–Kier alpha value is -0.370. The molecule has 136 valence electrons. The van der Waals surface area contributed by atoms with E-state index in [1.165, 1.54) is 4.31 Å². The summed E-state index contributed by atoms with van der Waals surface area (Å²) in [7, 11) is -3.30. The summed E-state index contributed by atoms with van der Waals surface area (Å²) < 4.78 is 26.1. The molecule has 2 unspecified atom stereocenters. The van der Waals surface area contributed by atoms with Crippen molar-refractivity contribution in [2.45, 2.75) is 58.0 Å². The molecule has 0 aromatic carbocycles. The number of rotatable bonds is 5. The fourth-order valence-electron chi connectivity index (χ4n) is 3.55. The van der Waals surface area contributed by atoms with Crippen LogP contribution in [0.4, 0.5) is 0 Å². The fraction of sp³-hybridized carbons (Fsp3) is 0.933. The van der Waals surface area contributed by atoms with Crippen LogP contribution in [0.1, 0.15) is 46.0 Å². The minimum absolute atomic E-state index is 0. The van der Waals surface area contributed by atoms with Gasteiger partial charge in [-0.2, -0.15) is 4.31 Å². The maximum Gasteiger partial charge on any atom is 0.241 e. The van der Waals surface area contributed by atoms with Crippen molar-refractivity contribution < 1.29 is 13.2 Å². The lowest BCUT2D eigenvalue weighted by Crippen LogP contribution is -2.51. The second-order valence-electron chi connectivity index (χ2n) is 6.61. The van der Waals surface area contributed by atoms with Gasteiger partial charge in [0.2, 0.25) is 15.9 Å². The summed E-state index contributed by atoms with van der Waals surface area (Å²) in [5.41, 5.74) is 5.93. The first-order chi connectivity index (χ1) is 10.4. The van der Waals surface area contributed by atoms with Crippen molar-refractivity contribution in [3.05, 3.63) is 0 Å². The van der Waals surface area contributed by atoms with Gasteiger partial charge in [0.25, 0.3) is 0 Å².